The zero-order valence-electron chi connectivity index (χ0n) is 11.1. The molecule has 0 aliphatic heterocycles. The number of benzene rings is 2. The van der Waals surface area contributed by atoms with Crippen molar-refractivity contribution >= 4 is 28.8 Å². The summed E-state index contributed by atoms with van der Waals surface area (Å²) in [7, 11) is 0. The zero-order chi connectivity index (χ0) is 14.1. The summed E-state index contributed by atoms with van der Waals surface area (Å²) in [4.78, 5) is 14.8. The van der Waals surface area contributed by atoms with E-state index in [-0.39, 0.29) is 0 Å². The van der Waals surface area contributed by atoms with Gasteiger partial charge in [-0.2, -0.15) is 0 Å². The number of H-pyrrole nitrogens is 1. The van der Waals surface area contributed by atoms with Gasteiger partial charge in [0.05, 0.1) is 5.69 Å². The first-order chi connectivity index (χ1) is 9.74. The highest BCUT2D eigenvalue weighted by Crippen LogP contribution is 2.33. The third-order valence-corrected chi connectivity index (χ3v) is 3.90. The topological polar surface area (TPSA) is 32.9 Å². The minimum Gasteiger partial charge on any atom is -0.354 e. The van der Waals surface area contributed by atoms with Crippen molar-refractivity contribution in [3.8, 4) is 11.3 Å². The Morgan fingerprint density at radius 1 is 1.20 bits per heavy atom. The van der Waals surface area contributed by atoms with Crippen molar-refractivity contribution in [3.63, 3.8) is 0 Å². The number of fused-ring (bicyclic) bond motifs is 1. The average molecular weight is 284 g/mol. The molecule has 0 saturated carbocycles. The van der Waals surface area contributed by atoms with E-state index in [9.17, 15) is 4.79 Å². The van der Waals surface area contributed by atoms with Crippen LogP contribution < -0.4 is 0 Å². The number of carbonyl (C=O) groups is 1. The number of nitrogens with one attached hydrogen (secondary N) is 1. The molecule has 3 rings (SSSR count). The van der Waals surface area contributed by atoms with Crippen LogP contribution in [0, 0.1) is 0 Å². The molecule has 3 heteroatoms. The minimum atomic E-state index is 0.637. The fourth-order valence-electron chi connectivity index (χ4n) is 2.48. The van der Waals surface area contributed by atoms with Gasteiger partial charge in [-0.05, 0) is 30.2 Å². The maximum atomic E-state index is 11.5. The average Bonchev–Trinajstić information content (AvgIpc) is 2.84. The van der Waals surface area contributed by atoms with Crippen molar-refractivity contribution in [1.82, 2.24) is 4.98 Å². The van der Waals surface area contributed by atoms with Gasteiger partial charge >= 0.3 is 0 Å². The second kappa shape index (κ2) is 5.14. The van der Waals surface area contributed by atoms with Crippen molar-refractivity contribution in [2.45, 2.75) is 13.3 Å². The lowest BCUT2D eigenvalue weighted by Crippen LogP contribution is -1.85. The molecule has 1 heterocycles. The predicted octanol–water partition coefficient (Wildman–Crippen LogP) is 4.86. The van der Waals surface area contributed by atoms with Gasteiger partial charge in [0.25, 0.3) is 0 Å². The molecule has 2 aromatic carbocycles. The number of aromatic nitrogens is 1. The van der Waals surface area contributed by atoms with Gasteiger partial charge in [0, 0.05) is 27.1 Å². The number of hydrogen-bond donors (Lipinski definition) is 1. The monoisotopic (exact) mass is 283 g/mol. The highest BCUT2D eigenvalue weighted by molar-refractivity contribution is 6.33. The molecule has 2 nitrogen and oxygen atoms in total. The third-order valence-electron chi connectivity index (χ3n) is 3.57. The lowest BCUT2D eigenvalue weighted by Gasteiger charge is -2.02. The van der Waals surface area contributed by atoms with Gasteiger partial charge < -0.3 is 4.98 Å². The van der Waals surface area contributed by atoms with Crippen LogP contribution in [0.3, 0.4) is 0 Å². The normalized spacial score (nSPS) is 10.9. The SMILES string of the molecule is CCc1ccc2[nH]c(-c3ccccc3Cl)c(C=O)c2c1. The van der Waals surface area contributed by atoms with E-state index in [0.29, 0.717) is 10.6 Å². The van der Waals surface area contributed by atoms with Crippen LogP contribution in [0.2, 0.25) is 5.02 Å². The third kappa shape index (κ3) is 2.02. The molecule has 0 spiro atoms. The van der Waals surface area contributed by atoms with Gasteiger partial charge in [-0.15, -0.1) is 0 Å². The summed E-state index contributed by atoms with van der Waals surface area (Å²) in [5.74, 6) is 0. The molecule has 20 heavy (non-hydrogen) atoms. The molecule has 0 atom stereocenters. The summed E-state index contributed by atoms with van der Waals surface area (Å²) < 4.78 is 0. The number of carbonyl (C=O) groups excluding carboxylic acids is 1. The van der Waals surface area contributed by atoms with E-state index in [4.69, 9.17) is 11.6 Å². The van der Waals surface area contributed by atoms with Crippen molar-refractivity contribution in [1.29, 1.82) is 0 Å². The molecular weight excluding hydrogens is 270 g/mol. The lowest BCUT2D eigenvalue weighted by atomic mass is 10.0. The Morgan fingerprint density at radius 3 is 2.70 bits per heavy atom. The zero-order valence-corrected chi connectivity index (χ0v) is 11.9. The quantitative estimate of drug-likeness (QED) is 0.684. The molecule has 0 saturated heterocycles. The first-order valence-corrected chi connectivity index (χ1v) is 6.97. The van der Waals surface area contributed by atoms with E-state index in [2.05, 4.69) is 24.0 Å². The summed E-state index contributed by atoms with van der Waals surface area (Å²) in [6.45, 7) is 2.10. The Hall–Kier alpha value is -2.06. The number of halogens is 1. The molecule has 3 aromatic rings. The lowest BCUT2D eigenvalue weighted by molar-refractivity contribution is 0.112. The van der Waals surface area contributed by atoms with Crippen LogP contribution in [-0.2, 0) is 6.42 Å². The maximum absolute atomic E-state index is 11.5. The predicted molar refractivity (Wildman–Crippen MR) is 83.5 cm³/mol. The number of aryl methyl sites for hydroxylation is 1. The van der Waals surface area contributed by atoms with E-state index in [0.717, 1.165) is 34.9 Å². The fourth-order valence-corrected chi connectivity index (χ4v) is 2.71. The highest BCUT2D eigenvalue weighted by Gasteiger charge is 2.14. The molecule has 100 valence electrons. The first-order valence-electron chi connectivity index (χ1n) is 6.59. The van der Waals surface area contributed by atoms with E-state index >= 15 is 0 Å². The van der Waals surface area contributed by atoms with Gasteiger partial charge in [0.2, 0.25) is 0 Å². The number of hydrogen-bond acceptors (Lipinski definition) is 1. The molecule has 0 fully saturated rings. The van der Waals surface area contributed by atoms with Crippen molar-refractivity contribution in [2.75, 3.05) is 0 Å². The van der Waals surface area contributed by atoms with E-state index in [1.165, 1.54) is 5.56 Å². The summed E-state index contributed by atoms with van der Waals surface area (Å²) in [5, 5.41) is 1.59. The number of rotatable bonds is 3. The summed E-state index contributed by atoms with van der Waals surface area (Å²) in [6.07, 6.45) is 1.85. The Balaban J connectivity index is 2.31. The Bertz CT molecular complexity index is 789. The molecule has 0 amide bonds. The van der Waals surface area contributed by atoms with E-state index in [1.807, 2.05) is 30.3 Å². The van der Waals surface area contributed by atoms with Gasteiger partial charge in [-0.3, -0.25) is 4.79 Å². The maximum Gasteiger partial charge on any atom is 0.152 e. The Morgan fingerprint density at radius 2 is 2.00 bits per heavy atom. The summed E-state index contributed by atoms with van der Waals surface area (Å²) in [5.41, 5.74) is 4.48. The van der Waals surface area contributed by atoms with Crippen molar-refractivity contribution < 1.29 is 4.79 Å². The molecule has 0 bridgehead atoms. The van der Waals surface area contributed by atoms with Gasteiger partial charge in [0.1, 0.15) is 0 Å². The van der Waals surface area contributed by atoms with E-state index < -0.39 is 0 Å². The number of aromatic amines is 1. The molecule has 1 aromatic heterocycles. The number of aldehydes is 1. The van der Waals surface area contributed by atoms with Crippen LogP contribution >= 0.6 is 11.6 Å². The Kier molecular flexibility index (Phi) is 3.33. The molecule has 0 aliphatic rings. The molecule has 0 unspecified atom stereocenters. The smallest absolute Gasteiger partial charge is 0.152 e. The van der Waals surface area contributed by atoms with Crippen LogP contribution in [0.15, 0.2) is 42.5 Å². The molecule has 0 aliphatic carbocycles. The van der Waals surface area contributed by atoms with Crippen LogP contribution in [-0.4, -0.2) is 11.3 Å². The largest absolute Gasteiger partial charge is 0.354 e. The molecular formula is C17H14ClNO. The van der Waals surface area contributed by atoms with Crippen molar-refractivity contribution in [3.05, 3.63) is 58.6 Å². The molecule has 1 N–H and O–H groups in total. The van der Waals surface area contributed by atoms with E-state index in [1.54, 1.807) is 0 Å². The van der Waals surface area contributed by atoms with Crippen LogP contribution in [0.25, 0.3) is 22.2 Å². The second-order valence-electron chi connectivity index (χ2n) is 4.74. The van der Waals surface area contributed by atoms with Gasteiger partial charge in [-0.1, -0.05) is 42.8 Å². The second-order valence-corrected chi connectivity index (χ2v) is 5.15. The summed E-state index contributed by atoms with van der Waals surface area (Å²) in [6, 6.07) is 13.7. The van der Waals surface area contributed by atoms with Crippen LogP contribution in [0.4, 0.5) is 0 Å². The Labute approximate surface area is 122 Å². The first kappa shape index (κ1) is 12.9. The molecule has 0 radical (unpaired) electrons. The van der Waals surface area contributed by atoms with Gasteiger partial charge in [0.15, 0.2) is 6.29 Å². The summed E-state index contributed by atoms with van der Waals surface area (Å²) >= 11 is 6.24. The van der Waals surface area contributed by atoms with Crippen molar-refractivity contribution in [2.24, 2.45) is 0 Å². The minimum absolute atomic E-state index is 0.637. The van der Waals surface area contributed by atoms with Crippen LogP contribution in [0.1, 0.15) is 22.8 Å². The van der Waals surface area contributed by atoms with Crippen LogP contribution in [0.5, 0.6) is 0 Å². The highest BCUT2D eigenvalue weighted by atomic mass is 35.5. The fraction of sp³-hybridized carbons (Fsp3) is 0.118. The van der Waals surface area contributed by atoms with Gasteiger partial charge in [-0.25, -0.2) is 0 Å². The standard InChI is InChI=1S/C17H14ClNO/c1-2-11-7-8-16-13(9-11)14(10-20)17(19-16)12-5-3-4-6-15(12)18/h3-10,19H,2H2,1H3.